The molecule has 0 radical (unpaired) electrons. The van der Waals surface area contributed by atoms with Crippen LogP contribution in [-0.4, -0.2) is 41.4 Å². The van der Waals surface area contributed by atoms with Gasteiger partial charge in [0, 0.05) is 30.3 Å². The minimum Gasteiger partial charge on any atom is -0.483 e. The Bertz CT molecular complexity index is 962. The average Bonchev–Trinajstić information content (AvgIpc) is 3.03. The van der Waals surface area contributed by atoms with Gasteiger partial charge in [-0.1, -0.05) is 12.1 Å². The van der Waals surface area contributed by atoms with Gasteiger partial charge in [0.25, 0.3) is 0 Å². The molecular formula is C19H19F3N2O4. The summed E-state index contributed by atoms with van der Waals surface area (Å²) in [5.74, 6) is -0.151. The Balaban J connectivity index is 1.81. The van der Waals surface area contributed by atoms with Gasteiger partial charge in [0.05, 0.1) is 30.0 Å². The van der Waals surface area contributed by atoms with E-state index in [1.54, 1.807) is 6.92 Å². The van der Waals surface area contributed by atoms with E-state index in [1.165, 1.54) is 19.2 Å². The Morgan fingerprint density at radius 2 is 2.14 bits per heavy atom. The number of aliphatic hydroxyl groups excluding tert-OH is 1. The van der Waals surface area contributed by atoms with Crippen molar-refractivity contribution in [2.45, 2.75) is 43.7 Å². The number of aryl methyl sites for hydroxylation is 1. The lowest BCUT2D eigenvalue weighted by molar-refractivity contribution is -0.143. The number of nitrogens with one attached hydrogen (secondary N) is 1. The van der Waals surface area contributed by atoms with Crippen LogP contribution in [0.3, 0.4) is 0 Å². The summed E-state index contributed by atoms with van der Waals surface area (Å²) in [4.78, 5) is 16.0. The Labute approximate surface area is 158 Å². The molecule has 0 amide bonds. The molecule has 9 heteroatoms. The average molecular weight is 396 g/mol. The SMILES string of the molecule is COC(=O)[C@@H]1C[C@@]2(CN1)CC(O)c1c(c(C)nc3c(C(F)(F)F)cccc13)O2. The first-order valence-corrected chi connectivity index (χ1v) is 8.84. The van der Waals surface area contributed by atoms with Gasteiger partial charge in [0.1, 0.15) is 17.4 Å². The Hall–Kier alpha value is -2.39. The highest BCUT2D eigenvalue weighted by atomic mass is 19.4. The van der Waals surface area contributed by atoms with Crippen LogP contribution >= 0.6 is 0 Å². The predicted octanol–water partition coefficient (Wildman–Crippen LogP) is 2.65. The van der Waals surface area contributed by atoms with Crippen molar-refractivity contribution in [3.05, 3.63) is 35.0 Å². The topological polar surface area (TPSA) is 80.7 Å². The van der Waals surface area contributed by atoms with E-state index >= 15 is 0 Å². The van der Waals surface area contributed by atoms with E-state index < -0.39 is 35.5 Å². The van der Waals surface area contributed by atoms with Gasteiger partial charge in [0.15, 0.2) is 0 Å². The first kappa shape index (κ1) is 18.9. The number of ether oxygens (including phenoxy) is 2. The van der Waals surface area contributed by atoms with Gasteiger partial charge in [-0.2, -0.15) is 13.2 Å². The fraction of sp³-hybridized carbons (Fsp3) is 0.474. The number of pyridine rings is 1. The number of para-hydroxylation sites is 1. The molecule has 0 saturated carbocycles. The van der Waals surface area contributed by atoms with Crippen molar-refractivity contribution >= 4 is 16.9 Å². The van der Waals surface area contributed by atoms with Crippen LogP contribution in [0.2, 0.25) is 0 Å². The van der Waals surface area contributed by atoms with Crippen molar-refractivity contribution in [3.8, 4) is 5.75 Å². The summed E-state index contributed by atoms with van der Waals surface area (Å²) >= 11 is 0. The number of nitrogens with zero attached hydrogens (tertiary/aromatic N) is 1. The van der Waals surface area contributed by atoms with E-state index in [4.69, 9.17) is 9.47 Å². The van der Waals surface area contributed by atoms with E-state index in [-0.39, 0.29) is 35.2 Å². The molecule has 150 valence electrons. The zero-order valence-electron chi connectivity index (χ0n) is 15.3. The molecule has 1 unspecified atom stereocenters. The summed E-state index contributed by atoms with van der Waals surface area (Å²) in [7, 11) is 1.29. The normalized spacial score (nSPS) is 26.9. The summed E-state index contributed by atoms with van der Waals surface area (Å²) in [5.41, 5.74) is -1.34. The molecular weight excluding hydrogens is 377 g/mol. The zero-order valence-corrected chi connectivity index (χ0v) is 15.3. The van der Waals surface area contributed by atoms with Gasteiger partial charge in [-0.05, 0) is 13.0 Å². The number of halogens is 3. The van der Waals surface area contributed by atoms with E-state index in [9.17, 15) is 23.1 Å². The number of alkyl halides is 3. The standard InChI is InChI=1S/C19H19F3N2O4/c1-9-16-14(10-4-3-5-11(15(10)24-9)19(20,21)22)13(25)7-18(28-16)6-12(23-8-18)17(26)27-2/h3-5,12-13,23,25H,6-8H2,1-2H3/t12-,13?,18-/m0/s1. The maximum atomic E-state index is 13.4. The summed E-state index contributed by atoms with van der Waals surface area (Å²) in [6.45, 7) is 1.86. The summed E-state index contributed by atoms with van der Waals surface area (Å²) in [6.07, 6.45) is -5.17. The highest BCUT2D eigenvalue weighted by Gasteiger charge is 2.49. The molecule has 28 heavy (non-hydrogen) atoms. The van der Waals surface area contributed by atoms with Crippen molar-refractivity contribution in [1.29, 1.82) is 0 Å². The fourth-order valence-corrected chi connectivity index (χ4v) is 4.19. The van der Waals surface area contributed by atoms with Gasteiger partial charge in [0.2, 0.25) is 0 Å². The number of aromatic nitrogens is 1. The molecule has 0 aliphatic carbocycles. The van der Waals surface area contributed by atoms with Crippen LogP contribution in [0.4, 0.5) is 13.2 Å². The van der Waals surface area contributed by atoms with Crippen molar-refractivity contribution in [2.75, 3.05) is 13.7 Å². The predicted molar refractivity (Wildman–Crippen MR) is 92.8 cm³/mol. The summed E-state index contributed by atoms with van der Waals surface area (Å²) in [6, 6.07) is 3.21. The number of fused-ring (bicyclic) bond motifs is 3. The van der Waals surface area contributed by atoms with Gasteiger partial charge >= 0.3 is 12.1 Å². The molecule has 1 aromatic carbocycles. The van der Waals surface area contributed by atoms with Crippen molar-refractivity contribution in [1.82, 2.24) is 10.3 Å². The molecule has 1 spiro atoms. The minimum absolute atomic E-state index is 0.148. The third-order valence-electron chi connectivity index (χ3n) is 5.43. The number of benzene rings is 1. The van der Waals surface area contributed by atoms with Crippen LogP contribution in [-0.2, 0) is 15.7 Å². The highest BCUT2D eigenvalue weighted by Crippen LogP contribution is 2.48. The molecule has 1 aromatic heterocycles. The maximum Gasteiger partial charge on any atom is 0.418 e. The monoisotopic (exact) mass is 396 g/mol. The number of rotatable bonds is 1. The van der Waals surface area contributed by atoms with E-state index in [1.807, 2.05) is 0 Å². The Morgan fingerprint density at radius 3 is 2.82 bits per heavy atom. The van der Waals surface area contributed by atoms with Crippen LogP contribution < -0.4 is 10.1 Å². The van der Waals surface area contributed by atoms with Crippen LogP contribution in [0.25, 0.3) is 10.9 Å². The molecule has 2 aromatic rings. The van der Waals surface area contributed by atoms with E-state index in [0.717, 1.165) is 6.07 Å². The van der Waals surface area contributed by atoms with Crippen LogP contribution in [0, 0.1) is 6.92 Å². The highest BCUT2D eigenvalue weighted by molar-refractivity contribution is 5.88. The number of esters is 1. The van der Waals surface area contributed by atoms with Gasteiger partial charge in [-0.3, -0.25) is 4.79 Å². The lowest BCUT2D eigenvalue weighted by atomic mass is 9.85. The number of hydrogen-bond donors (Lipinski definition) is 2. The maximum absolute atomic E-state index is 13.4. The van der Waals surface area contributed by atoms with Crippen molar-refractivity contribution in [3.63, 3.8) is 0 Å². The van der Waals surface area contributed by atoms with E-state index in [0.29, 0.717) is 12.1 Å². The number of carbonyl (C=O) groups is 1. The second kappa shape index (κ2) is 6.31. The van der Waals surface area contributed by atoms with Crippen molar-refractivity contribution < 1.29 is 32.5 Å². The van der Waals surface area contributed by atoms with Gasteiger partial charge in [-0.25, -0.2) is 4.98 Å². The lowest BCUT2D eigenvalue weighted by Gasteiger charge is -2.38. The molecule has 1 saturated heterocycles. The first-order valence-electron chi connectivity index (χ1n) is 8.84. The lowest BCUT2D eigenvalue weighted by Crippen LogP contribution is -2.43. The largest absolute Gasteiger partial charge is 0.483 e. The van der Waals surface area contributed by atoms with Gasteiger partial charge < -0.3 is 19.9 Å². The van der Waals surface area contributed by atoms with Crippen LogP contribution in [0.15, 0.2) is 18.2 Å². The number of aliphatic hydroxyl groups is 1. The molecule has 2 aliphatic rings. The Kier molecular flexibility index (Phi) is 4.27. The van der Waals surface area contributed by atoms with E-state index in [2.05, 4.69) is 10.3 Å². The third kappa shape index (κ3) is 2.89. The number of carbonyl (C=O) groups excluding carboxylic acids is 1. The molecule has 6 nitrogen and oxygen atoms in total. The van der Waals surface area contributed by atoms with Crippen LogP contribution in [0.1, 0.15) is 35.8 Å². The molecule has 3 atom stereocenters. The Morgan fingerprint density at radius 1 is 1.39 bits per heavy atom. The molecule has 2 N–H and O–H groups in total. The molecule has 1 fully saturated rings. The first-order chi connectivity index (χ1) is 13.1. The zero-order chi connectivity index (χ0) is 20.3. The molecule has 0 bridgehead atoms. The number of methoxy groups -OCH3 is 1. The second-order valence-corrected chi connectivity index (χ2v) is 7.31. The molecule has 2 aliphatic heterocycles. The summed E-state index contributed by atoms with van der Waals surface area (Å²) < 4.78 is 51.1. The minimum atomic E-state index is -4.56. The second-order valence-electron chi connectivity index (χ2n) is 7.31. The van der Waals surface area contributed by atoms with Gasteiger partial charge in [-0.15, -0.1) is 0 Å². The molecule has 4 rings (SSSR count). The van der Waals surface area contributed by atoms with Crippen molar-refractivity contribution in [2.24, 2.45) is 0 Å². The smallest absolute Gasteiger partial charge is 0.418 e. The number of hydrogen-bond acceptors (Lipinski definition) is 6. The molecule has 3 heterocycles. The fourth-order valence-electron chi connectivity index (χ4n) is 4.19. The summed E-state index contributed by atoms with van der Waals surface area (Å²) in [5, 5.41) is 14.1. The third-order valence-corrected chi connectivity index (χ3v) is 5.43. The van der Waals surface area contributed by atoms with Crippen LogP contribution in [0.5, 0.6) is 5.75 Å². The quantitative estimate of drug-likeness (QED) is 0.722.